The van der Waals surface area contributed by atoms with Crippen LogP contribution in [0.3, 0.4) is 0 Å². The fourth-order valence-electron chi connectivity index (χ4n) is 2.01. The van der Waals surface area contributed by atoms with Crippen molar-refractivity contribution in [2.45, 2.75) is 13.8 Å². The first-order chi connectivity index (χ1) is 7.99. The highest BCUT2D eigenvalue weighted by molar-refractivity contribution is 5.87. The van der Waals surface area contributed by atoms with Gasteiger partial charge in [-0.15, -0.1) is 0 Å². The Balaban J connectivity index is 2.72. The van der Waals surface area contributed by atoms with Crippen molar-refractivity contribution in [3.05, 3.63) is 41.5 Å². The van der Waals surface area contributed by atoms with Gasteiger partial charge in [0.15, 0.2) is 0 Å². The summed E-state index contributed by atoms with van der Waals surface area (Å²) in [5.74, 6) is 0. The molecule has 17 heavy (non-hydrogen) atoms. The number of anilines is 3. The van der Waals surface area contributed by atoms with Gasteiger partial charge >= 0.3 is 0 Å². The first-order valence-corrected chi connectivity index (χ1v) is 5.51. The SMILES string of the molecule is Cc1cc(C)c(N)c(-c2cc(N)ccc2N)c1. The molecular formula is C14H17N3. The van der Waals surface area contributed by atoms with Gasteiger partial charge in [0.1, 0.15) is 0 Å². The average molecular weight is 227 g/mol. The quantitative estimate of drug-likeness (QED) is 0.655. The summed E-state index contributed by atoms with van der Waals surface area (Å²) in [6, 6.07) is 9.55. The molecule has 0 bridgehead atoms. The molecule has 0 saturated carbocycles. The van der Waals surface area contributed by atoms with E-state index in [0.29, 0.717) is 11.4 Å². The topological polar surface area (TPSA) is 78.1 Å². The summed E-state index contributed by atoms with van der Waals surface area (Å²) in [5.41, 5.74) is 24.1. The lowest BCUT2D eigenvalue weighted by Gasteiger charge is -2.13. The number of hydrogen-bond donors (Lipinski definition) is 3. The third-order valence-corrected chi connectivity index (χ3v) is 2.90. The third-order valence-electron chi connectivity index (χ3n) is 2.90. The molecule has 88 valence electrons. The Morgan fingerprint density at radius 1 is 0.824 bits per heavy atom. The summed E-state index contributed by atoms with van der Waals surface area (Å²) in [7, 11) is 0. The van der Waals surface area contributed by atoms with Crippen molar-refractivity contribution < 1.29 is 0 Å². The van der Waals surface area contributed by atoms with E-state index < -0.39 is 0 Å². The highest BCUT2D eigenvalue weighted by Gasteiger charge is 2.09. The largest absolute Gasteiger partial charge is 0.399 e. The van der Waals surface area contributed by atoms with Gasteiger partial charge in [0, 0.05) is 28.2 Å². The van der Waals surface area contributed by atoms with Crippen LogP contribution in [0.5, 0.6) is 0 Å². The standard InChI is InChI=1S/C14H17N3/c1-8-5-9(2)14(17)12(6-8)11-7-10(15)3-4-13(11)16/h3-7H,15-17H2,1-2H3. The van der Waals surface area contributed by atoms with Crippen LogP contribution >= 0.6 is 0 Å². The van der Waals surface area contributed by atoms with Crippen LogP contribution in [0.15, 0.2) is 30.3 Å². The second kappa shape index (κ2) is 4.01. The summed E-state index contributed by atoms with van der Waals surface area (Å²) in [6.07, 6.45) is 0. The van der Waals surface area contributed by atoms with Crippen LogP contribution in [-0.4, -0.2) is 0 Å². The Hall–Kier alpha value is -2.16. The fourth-order valence-corrected chi connectivity index (χ4v) is 2.01. The Morgan fingerprint density at radius 3 is 2.24 bits per heavy atom. The van der Waals surface area contributed by atoms with Gasteiger partial charge in [-0.05, 0) is 43.7 Å². The average Bonchev–Trinajstić information content (AvgIpc) is 2.27. The number of nitrogens with two attached hydrogens (primary N) is 3. The monoisotopic (exact) mass is 227 g/mol. The number of nitrogen functional groups attached to an aromatic ring is 3. The van der Waals surface area contributed by atoms with Crippen LogP contribution in [0.4, 0.5) is 17.1 Å². The van der Waals surface area contributed by atoms with E-state index in [2.05, 4.69) is 6.07 Å². The zero-order valence-electron chi connectivity index (χ0n) is 10.1. The maximum Gasteiger partial charge on any atom is 0.0424 e. The summed E-state index contributed by atoms with van der Waals surface area (Å²) < 4.78 is 0. The molecule has 0 aromatic heterocycles. The molecule has 2 aromatic rings. The molecule has 3 nitrogen and oxygen atoms in total. The minimum atomic E-state index is 0.688. The van der Waals surface area contributed by atoms with E-state index in [1.807, 2.05) is 32.0 Å². The lowest BCUT2D eigenvalue weighted by Crippen LogP contribution is -1.98. The molecule has 0 amide bonds. The number of rotatable bonds is 1. The minimum absolute atomic E-state index is 0.688. The molecule has 0 aliphatic carbocycles. The highest BCUT2D eigenvalue weighted by Crippen LogP contribution is 2.34. The highest BCUT2D eigenvalue weighted by atomic mass is 14.6. The van der Waals surface area contributed by atoms with Crippen LogP contribution in [0, 0.1) is 13.8 Å². The van der Waals surface area contributed by atoms with Gasteiger partial charge in [0.2, 0.25) is 0 Å². The van der Waals surface area contributed by atoms with Gasteiger partial charge in [-0.25, -0.2) is 0 Å². The van der Waals surface area contributed by atoms with Crippen molar-refractivity contribution in [1.29, 1.82) is 0 Å². The molecule has 0 spiro atoms. The summed E-state index contributed by atoms with van der Waals surface area (Å²) in [5, 5.41) is 0. The zero-order valence-corrected chi connectivity index (χ0v) is 10.1. The van der Waals surface area contributed by atoms with E-state index in [1.165, 1.54) is 0 Å². The van der Waals surface area contributed by atoms with Gasteiger partial charge in [-0.1, -0.05) is 11.6 Å². The van der Waals surface area contributed by atoms with Gasteiger partial charge in [0.25, 0.3) is 0 Å². The molecule has 0 aliphatic rings. The van der Waals surface area contributed by atoms with Crippen LogP contribution in [0.2, 0.25) is 0 Å². The minimum Gasteiger partial charge on any atom is -0.399 e. The molecule has 0 heterocycles. The molecule has 0 unspecified atom stereocenters. The Bertz CT molecular complexity index is 574. The number of hydrogen-bond acceptors (Lipinski definition) is 3. The van der Waals surface area contributed by atoms with Crippen molar-refractivity contribution in [3.63, 3.8) is 0 Å². The Labute approximate surface area is 101 Å². The zero-order chi connectivity index (χ0) is 12.6. The van der Waals surface area contributed by atoms with Gasteiger partial charge in [-0.2, -0.15) is 0 Å². The predicted molar refractivity (Wildman–Crippen MR) is 74.6 cm³/mol. The van der Waals surface area contributed by atoms with Crippen molar-refractivity contribution in [1.82, 2.24) is 0 Å². The summed E-state index contributed by atoms with van der Waals surface area (Å²) in [6.45, 7) is 4.03. The maximum atomic E-state index is 6.11. The molecule has 0 atom stereocenters. The molecule has 3 heteroatoms. The first-order valence-electron chi connectivity index (χ1n) is 5.51. The smallest absolute Gasteiger partial charge is 0.0424 e. The first kappa shape index (κ1) is 11.3. The number of aryl methyl sites for hydroxylation is 2. The van der Waals surface area contributed by atoms with Crippen LogP contribution in [0.1, 0.15) is 11.1 Å². The molecule has 0 aliphatic heterocycles. The van der Waals surface area contributed by atoms with Crippen molar-refractivity contribution in [2.24, 2.45) is 0 Å². The third kappa shape index (κ3) is 2.04. The van der Waals surface area contributed by atoms with Crippen LogP contribution in [-0.2, 0) is 0 Å². The normalized spacial score (nSPS) is 10.5. The van der Waals surface area contributed by atoms with E-state index >= 15 is 0 Å². The van der Waals surface area contributed by atoms with E-state index in [0.717, 1.165) is 27.9 Å². The second-order valence-corrected chi connectivity index (χ2v) is 4.39. The predicted octanol–water partition coefficient (Wildman–Crippen LogP) is 2.72. The molecule has 0 saturated heterocycles. The summed E-state index contributed by atoms with van der Waals surface area (Å²) >= 11 is 0. The van der Waals surface area contributed by atoms with Crippen LogP contribution < -0.4 is 17.2 Å². The Morgan fingerprint density at radius 2 is 1.53 bits per heavy atom. The van der Waals surface area contributed by atoms with E-state index in [9.17, 15) is 0 Å². The molecule has 2 aromatic carbocycles. The van der Waals surface area contributed by atoms with Crippen molar-refractivity contribution in [2.75, 3.05) is 17.2 Å². The van der Waals surface area contributed by atoms with E-state index in [4.69, 9.17) is 17.2 Å². The fraction of sp³-hybridized carbons (Fsp3) is 0.143. The molecule has 2 rings (SSSR count). The Kier molecular flexibility index (Phi) is 2.68. The van der Waals surface area contributed by atoms with Gasteiger partial charge in [-0.3, -0.25) is 0 Å². The lowest BCUT2D eigenvalue weighted by molar-refractivity contribution is 1.38. The number of benzene rings is 2. The lowest BCUT2D eigenvalue weighted by atomic mass is 9.96. The van der Waals surface area contributed by atoms with Crippen LogP contribution in [0.25, 0.3) is 11.1 Å². The second-order valence-electron chi connectivity index (χ2n) is 4.39. The van der Waals surface area contributed by atoms with Crippen molar-refractivity contribution >= 4 is 17.1 Å². The van der Waals surface area contributed by atoms with Gasteiger partial charge in [0.05, 0.1) is 0 Å². The maximum absolute atomic E-state index is 6.11. The summed E-state index contributed by atoms with van der Waals surface area (Å²) in [4.78, 5) is 0. The molecular weight excluding hydrogens is 210 g/mol. The van der Waals surface area contributed by atoms with E-state index in [1.54, 1.807) is 6.07 Å². The van der Waals surface area contributed by atoms with Crippen molar-refractivity contribution in [3.8, 4) is 11.1 Å². The molecule has 6 N–H and O–H groups in total. The molecule has 0 fully saturated rings. The molecule has 0 radical (unpaired) electrons. The van der Waals surface area contributed by atoms with E-state index in [-0.39, 0.29) is 0 Å². The van der Waals surface area contributed by atoms with Gasteiger partial charge < -0.3 is 17.2 Å².